The molecule has 0 aliphatic carbocycles. The number of guanidine groups is 1. The minimum atomic E-state index is -0.315. The molecule has 0 spiro atoms. The van der Waals surface area contributed by atoms with Gasteiger partial charge in [-0.05, 0) is 36.8 Å². The summed E-state index contributed by atoms with van der Waals surface area (Å²) < 4.78 is 27.8. The molecule has 3 aromatic rings. The van der Waals surface area contributed by atoms with Crippen molar-refractivity contribution >= 4 is 29.9 Å². The number of aromatic nitrogens is 2. The van der Waals surface area contributed by atoms with Crippen LogP contribution in [0.5, 0.6) is 11.5 Å². The van der Waals surface area contributed by atoms with Gasteiger partial charge in [-0.3, -0.25) is 0 Å². The molecule has 1 aromatic heterocycles. The van der Waals surface area contributed by atoms with Crippen molar-refractivity contribution in [1.82, 2.24) is 20.2 Å². The van der Waals surface area contributed by atoms with E-state index in [1.54, 1.807) is 29.4 Å². The fourth-order valence-corrected chi connectivity index (χ4v) is 3.15. The third kappa shape index (κ3) is 5.87. The monoisotopic (exact) mass is 537 g/mol. The molecule has 1 atom stereocenters. The Balaban J connectivity index is 0.00000272. The van der Waals surface area contributed by atoms with Gasteiger partial charge < -0.3 is 24.7 Å². The normalized spacial score (nSPS) is 15.2. The molecular weight excluding hydrogens is 512 g/mol. The molecule has 1 aliphatic heterocycles. The van der Waals surface area contributed by atoms with Gasteiger partial charge in [0.2, 0.25) is 0 Å². The molecule has 0 bridgehead atoms. The number of nitrogens with zero attached hydrogens (tertiary/aromatic N) is 3. The number of halogens is 2. The number of benzene rings is 2. The van der Waals surface area contributed by atoms with E-state index >= 15 is 0 Å². The summed E-state index contributed by atoms with van der Waals surface area (Å²) in [5, 5.41) is 6.46. The SMILES string of the molecule is CCNC(=NCc1ccc(-n2ccnc2)c(F)c1)NCC1COc2ccccc2O1.I. The molecule has 1 unspecified atom stereocenters. The molecule has 0 amide bonds. The first-order chi connectivity index (χ1) is 14.7. The highest BCUT2D eigenvalue weighted by molar-refractivity contribution is 14.0. The number of imidazole rings is 1. The Kier molecular flexibility index (Phi) is 8.10. The standard InChI is InChI=1S/C22H24FN5O2.HI/c1-2-25-22(27-13-17-14-29-20-5-3-4-6-21(20)30-17)26-12-16-7-8-19(18(23)11-16)28-10-9-24-15-28;/h3-11,15,17H,2,12-14H2,1H3,(H2,25,26,27);1H. The second-order valence-electron chi connectivity index (χ2n) is 6.83. The van der Waals surface area contributed by atoms with Crippen molar-refractivity contribution in [2.75, 3.05) is 19.7 Å². The van der Waals surface area contributed by atoms with Gasteiger partial charge in [0.1, 0.15) is 18.5 Å². The second kappa shape index (κ2) is 11.0. The number of hydrogen-bond acceptors (Lipinski definition) is 4. The number of aliphatic imine (C=N–C) groups is 1. The van der Waals surface area contributed by atoms with Crippen LogP contribution in [0.4, 0.5) is 4.39 Å². The predicted molar refractivity (Wildman–Crippen MR) is 128 cm³/mol. The Bertz CT molecular complexity index is 1010. The molecule has 0 radical (unpaired) electrons. The van der Waals surface area contributed by atoms with Crippen LogP contribution in [-0.2, 0) is 6.54 Å². The van der Waals surface area contributed by atoms with Crippen molar-refractivity contribution in [3.63, 3.8) is 0 Å². The fraction of sp³-hybridized carbons (Fsp3) is 0.273. The maximum atomic E-state index is 14.4. The van der Waals surface area contributed by atoms with Crippen molar-refractivity contribution in [2.45, 2.75) is 19.6 Å². The number of fused-ring (bicyclic) bond motifs is 1. The van der Waals surface area contributed by atoms with E-state index in [0.29, 0.717) is 37.9 Å². The van der Waals surface area contributed by atoms with Crippen molar-refractivity contribution in [1.29, 1.82) is 0 Å². The molecule has 1 aliphatic rings. The summed E-state index contributed by atoms with van der Waals surface area (Å²) in [7, 11) is 0. The summed E-state index contributed by atoms with van der Waals surface area (Å²) >= 11 is 0. The van der Waals surface area contributed by atoms with E-state index in [1.807, 2.05) is 37.3 Å². The summed E-state index contributed by atoms with van der Waals surface area (Å²) in [4.78, 5) is 8.51. The first kappa shape index (κ1) is 22.9. The summed E-state index contributed by atoms with van der Waals surface area (Å²) in [6, 6.07) is 12.7. The highest BCUT2D eigenvalue weighted by atomic mass is 127. The zero-order valence-corrected chi connectivity index (χ0v) is 19.5. The first-order valence-corrected chi connectivity index (χ1v) is 9.90. The van der Waals surface area contributed by atoms with Gasteiger partial charge in [-0.25, -0.2) is 14.4 Å². The van der Waals surface area contributed by atoms with E-state index in [-0.39, 0.29) is 35.9 Å². The fourth-order valence-electron chi connectivity index (χ4n) is 3.15. The molecule has 2 N–H and O–H groups in total. The third-order valence-corrected chi connectivity index (χ3v) is 4.62. The quantitative estimate of drug-likeness (QED) is 0.286. The molecular formula is C22H25FIN5O2. The van der Waals surface area contributed by atoms with Gasteiger partial charge >= 0.3 is 0 Å². The zero-order chi connectivity index (χ0) is 20.8. The number of rotatable bonds is 6. The van der Waals surface area contributed by atoms with Gasteiger partial charge in [0.25, 0.3) is 0 Å². The molecule has 31 heavy (non-hydrogen) atoms. The van der Waals surface area contributed by atoms with E-state index in [4.69, 9.17) is 9.47 Å². The van der Waals surface area contributed by atoms with Gasteiger partial charge in [0, 0.05) is 18.9 Å². The van der Waals surface area contributed by atoms with E-state index in [0.717, 1.165) is 17.1 Å². The minimum Gasteiger partial charge on any atom is -0.486 e. The lowest BCUT2D eigenvalue weighted by atomic mass is 10.2. The van der Waals surface area contributed by atoms with Gasteiger partial charge in [-0.15, -0.1) is 24.0 Å². The van der Waals surface area contributed by atoms with Crippen LogP contribution in [0.3, 0.4) is 0 Å². The molecule has 2 aromatic carbocycles. The van der Waals surface area contributed by atoms with Gasteiger partial charge in [0.05, 0.1) is 25.1 Å². The van der Waals surface area contributed by atoms with Crippen molar-refractivity contribution in [3.8, 4) is 17.2 Å². The average molecular weight is 537 g/mol. The molecule has 0 saturated carbocycles. The van der Waals surface area contributed by atoms with Crippen molar-refractivity contribution in [2.24, 2.45) is 4.99 Å². The Morgan fingerprint density at radius 1 is 1.23 bits per heavy atom. The highest BCUT2D eigenvalue weighted by Crippen LogP contribution is 2.30. The Morgan fingerprint density at radius 3 is 2.81 bits per heavy atom. The second-order valence-corrected chi connectivity index (χ2v) is 6.83. The van der Waals surface area contributed by atoms with E-state index in [1.165, 1.54) is 6.07 Å². The van der Waals surface area contributed by atoms with Crippen LogP contribution in [0, 0.1) is 5.82 Å². The maximum absolute atomic E-state index is 14.4. The number of ether oxygens (including phenoxy) is 2. The minimum absolute atomic E-state index is 0. The third-order valence-electron chi connectivity index (χ3n) is 4.62. The van der Waals surface area contributed by atoms with Crippen LogP contribution >= 0.6 is 24.0 Å². The smallest absolute Gasteiger partial charge is 0.191 e. The van der Waals surface area contributed by atoms with Crippen molar-refractivity contribution in [3.05, 3.63) is 72.6 Å². The predicted octanol–water partition coefficient (Wildman–Crippen LogP) is 3.52. The molecule has 9 heteroatoms. The van der Waals surface area contributed by atoms with Crippen LogP contribution < -0.4 is 20.1 Å². The van der Waals surface area contributed by atoms with Gasteiger partial charge in [0.15, 0.2) is 17.5 Å². The molecule has 7 nitrogen and oxygen atoms in total. The highest BCUT2D eigenvalue weighted by Gasteiger charge is 2.20. The van der Waals surface area contributed by atoms with Gasteiger partial charge in [-0.1, -0.05) is 18.2 Å². The number of nitrogens with one attached hydrogen (secondary N) is 2. The first-order valence-electron chi connectivity index (χ1n) is 9.90. The van der Waals surface area contributed by atoms with E-state index < -0.39 is 0 Å². The van der Waals surface area contributed by atoms with Crippen LogP contribution in [0.2, 0.25) is 0 Å². The van der Waals surface area contributed by atoms with E-state index in [2.05, 4.69) is 20.6 Å². The molecule has 0 saturated heterocycles. The Morgan fingerprint density at radius 2 is 2.06 bits per heavy atom. The Labute approximate surface area is 197 Å². The summed E-state index contributed by atoms with van der Waals surface area (Å²) in [5.41, 5.74) is 1.24. The summed E-state index contributed by atoms with van der Waals surface area (Å²) in [6.07, 6.45) is 4.76. The molecule has 0 fully saturated rings. The maximum Gasteiger partial charge on any atom is 0.191 e. The zero-order valence-electron chi connectivity index (χ0n) is 17.1. The summed E-state index contributed by atoms with van der Waals surface area (Å²) in [5.74, 6) is 1.82. The molecule has 2 heterocycles. The Hall–Kier alpha value is -2.82. The lowest BCUT2D eigenvalue weighted by Crippen LogP contribution is -2.45. The van der Waals surface area contributed by atoms with Crippen LogP contribution in [0.1, 0.15) is 12.5 Å². The number of para-hydroxylation sites is 2. The molecule has 164 valence electrons. The average Bonchev–Trinajstić information content (AvgIpc) is 3.30. The van der Waals surface area contributed by atoms with Crippen LogP contribution in [0.15, 0.2) is 66.2 Å². The number of hydrogen-bond donors (Lipinski definition) is 2. The topological polar surface area (TPSA) is 72.7 Å². The lowest BCUT2D eigenvalue weighted by Gasteiger charge is -2.27. The lowest BCUT2D eigenvalue weighted by molar-refractivity contribution is 0.0936. The summed E-state index contributed by atoms with van der Waals surface area (Å²) in [6.45, 7) is 4.05. The van der Waals surface area contributed by atoms with Crippen LogP contribution in [-0.4, -0.2) is 41.3 Å². The van der Waals surface area contributed by atoms with E-state index in [9.17, 15) is 4.39 Å². The largest absolute Gasteiger partial charge is 0.486 e. The molecule has 4 rings (SSSR count). The van der Waals surface area contributed by atoms with Crippen molar-refractivity contribution < 1.29 is 13.9 Å². The van der Waals surface area contributed by atoms with Gasteiger partial charge in [-0.2, -0.15) is 0 Å². The van der Waals surface area contributed by atoms with Crippen LogP contribution in [0.25, 0.3) is 5.69 Å².